The Bertz CT molecular complexity index is 862. The molecular formula is C21H25NO4S. The van der Waals surface area contributed by atoms with E-state index < -0.39 is 0 Å². The molecule has 0 aromatic carbocycles. The minimum atomic E-state index is -0.356. The van der Waals surface area contributed by atoms with Crippen LogP contribution in [-0.2, 0) is 22.4 Å². The Morgan fingerprint density at radius 3 is 2.85 bits per heavy atom. The first kappa shape index (κ1) is 19.4. The zero-order valence-electron chi connectivity index (χ0n) is 16.0. The number of rotatable bonds is 6. The fraction of sp³-hybridized carbons (Fsp3) is 0.429. The highest BCUT2D eigenvalue weighted by Crippen LogP contribution is 2.40. The molecule has 5 nitrogen and oxygen atoms in total. The number of furan rings is 1. The third-order valence-corrected chi connectivity index (χ3v) is 5.99. The highest BCUT2D eigenvalue weighted by Gasteiger charge is 2.29. The summed E-state index contributed by atoms with van der Waals surface area (Å²) in [5, 5.41) is 3.45. The van der Waals surface area contributed by atoms with Gasteiger partial charge >= 0.3 is 5.97 Å². The van der Waals surface area contributed by atoms with Crippen molar-refractivity contribution in [2.75, 3.05) is 11.9 Å². The van der Waals surface area contributed by atoms with Crippen molar-refractivity contribution in [3.8, 4) is 0 Å². The lowest BCUT2D eigenvalue weighted by Gasteiger charge is -2.20. The van der Waals surface area contributed by atoms with Gasteiger partial charge in [0.15, 0.2) is 0 Å². The van der Waals surface area contributed by atoms with Gasteiger partial charge in [-0.1, -0.05) is 13.3 Å². The lowest BCUT2D eigenvalue weighted by Crippen LogP contribution is -2.16. The van der Waals surface area contributed by atoms with Crippen molar-refractivity contribution >= 4 is 34.3 Å². The number of thiophene rings is 1. The first-order valence-corrected chi connectivity index (χ1v) is 10.2. The first-order chi connectivity index (χ1) is 13.0. The molecule has 1 aliphatic rings. The van der Waals surface area contributed by atoms with Gasteiger partial charge in [-0.25, -0.2) is 4.79 Å². The van der Waals surface area contributed by atoms with Gasteiger partial charge in [0, 0.05) is 11.0 Å². The lowest BCUT2D eigenvalue weighted by atomic mass is 9.85. The molecule has 1 N–H and O–H groups in total. The Morgan fingerprint density at radius 2 is 2.19 bits per heavy atom. The van der Waals surface area contributed by atoms with Crippen LogP contribution in [-0.4, -0.2) is 18.5 Å². The SMILES string of the molecule is CCOC(=O)c1c(NC(=O)/C=C/c2ccc(C)o2)sc2c1CC[C@H](CC)C2. The van der Waals surface area contributed by atoms with E-state index in [1.807, 2.05) is 13.0 Å². The van der Waals surface area contributed by atoms with Gasteiger partial charge in [-0.2, -0.15) is 0 Å². The van der Waals surface area contributed by atoms with E-state index in [0.717, 1.165) is 37.0 Å². The van der Waals surface area contributed by atoms with Crippen molar-refractivity contribution in [3.63, 3.8) is 0 Å². The van der Waals surface area contributed by atoms with Crippen LogP contribution in [0, 0.1) is 12.8 Å². The molecule has 0 saturated heterocycles. The summed E-state index contributed by atoms with van der Waals surface area (Å²) in [4.78, 5) is 26.1. The number of amides is 1. The highest BCUT2D eigenvalue weighted by molar-refractivity contribution is 7.17. The third-order valence-electron chi connectivity index (χ3n) is 4.82. The molecule has 0 spiro atoms. The normalized spacial score (nSPS) is 16.3. The van der Waals surface area contributed by atoms with Crippen LogP contribution in [0.2, 0.25) is 0 Å². The molecule has 144 valence electrons. The number of nitrogens with one attached hydrogen (secondary N) is 1. The summed E-state index contributed by atoms with van der Waals surface area (Å²) in [6, 6.07) is 3.64. The van der Waals surface area contributed by atoms with Crippen molar-refractivity contribution in [2.24, 2.45) is 5.92 Å². The number of hydrogen-bond donors (Lipinski definition) is 1. The fourth-order valence-electron chi connectivity index (χ4n) is 3.36. The van der Waals surface area contributed by atoms with Crippen LogP contribution in [0.5, 0.6) is 0 Å². The van der Waals surface area contributed by atoms with E-state index in [1.54, 1.807) is 19.1 Å². The Morgan fingerprint density at radius 1 is 1.37 bits per heavy atom. The maximum Gasteiger partial charge on any atom is 0.341 e. The maximum absolute atomic E-state index is 12.5. The zero-order valence-corrected chi connectivity index (χ0v) is 16.8. The van der Waals surface area contributed by atoms with Gasteiger partial charge in [0.2, 0.25) is 5.91 Å². The van der Waals surface area contributed by atoms with Crippen LogP contribution in [0.3, 0.4) is 0 Å². The monoisotopic (exact) mass is 387 g/mol. The summed E-state index contributed by atoms with van der Waals surface area (Å²) in [5.74, 6) is 1.39. The summed E-state index contributed by atoms with van der Waals surface area (Å²) in [7, 11) is 0. The molecule has 1 atom stereocenters. The molecule has 1 aliphatic carbocycles. The van der Waals surface area contributed by atoms with E-state index in [4.69, 9.17) is 9.15 Å². The fourth-order valence-corrected chi connectivity index (χ4v) is 4.72. The van der Waals surface area contributed by atoms with Crippen LogP contribution in [0.15, 0.2) is 22.6 Å². The predicted octanol–water partition coefficient (Wildman–Crippen LogP) is 4.99. The topological polar surface area (TPSA) is 68.5 Å². The summed E-state index contributed by atoms with van der Waals surface area (Å²) >= 11 is 1.50. The Balaban J connectivity index is 1.83. The second kappa shape index (κ2) is 8.57. The number of carbonyl (C=O) groups excluding carboxylic acids is 2. The van der Waals surface area contributed by atoms with Crippen LogP contribution >= 0.6 is 11.3 Å². The number of hydrogen-bond acceptors (Lipinski definition) is 5. The van der Waals surface area contributed by atoms with Crippen molar-refractivity contribution in [2.45, 2.75) is 46.5 Å². The third kappa shape index (κ3) is 4.50. The van der Waals surface area contributed by atoms with E-state index >= 15 is 0 Å². The van der Waals surface area contributed by atoms with Crippen molar-refractivity contribution < 1.29 is 18.7 Å². The number of anilines is 1. The van der Waals surface area contributed by atoms with Gasteiger partial charge in [0.25, 0.3) is 0 Å². The first-order valence-electron chi connectivity index (χ1n) is 9.38. The van der Waals surface area contributed by atoms with E-state index in [0.29, 0.717) is 28.8 Å². The van der Waals surface area contributed by atoms with E-state index in [-0.39, 0.29) is 11.9 Å². The standard InChI is InChI=1S/C21H25NO4S/c1-4-14-7-10-16-17(12-14)27-20(19(16)21(24)25-5-2)22-18(23)11-9-15-8-6-13(3)26-15/h6,8-9,11,14H,4-5,7,10,12H2,1-3H3,(H,22,23)/b11-9+/t14-/m0/s1. The van der Waals surface area contributed by atoms with Gasteiger partial charge < -0.3 is 14.5 Å². The second-order valence-corrected chi connectivity index (χ2v) is 7.82. The van der Waals surface area contributed by atoms with E-state index in [2.05, 4.69) is 12.2 Å². The van der Waals surface area contributed by atoms with Crippen LogP contribution in [0.25, 0.3) is 6.08 Å². The molecular weight excluding hydrogens is 362 g/mol. The molecule has 0 saturated carbocycles. The quantitative estimate of drug-likeness (QED) is 0.560. The summed E-state index contributed by atoms with van der Waals surface area (Å²) in [5.41, 5.74) is 1.58. The number of ether oxygens (including phenoxy) is 1. The molecule has 2 heterocycles. The minimum absolute atomic E-state index is 0.291. The van der Waals surface area contributed by atoms with Crippen LogP contribution in [0.4, 0.5) is 5.00 Å². The predicted molar refractivity (Wildman–Crippen MR) is 107 cm³/mol. The Labute approximate surface area is 163 Å². The summed E-state index contributed by atoms with van der Waals surface area (Å²) in [6.45, 7) is 6.14. The smallest absolute Gasteiger partial charge is 0.341 e. The highest BCUT2D eigenvalue weighted by atomic mass is 32.1. The maximum atomic E-state index is 12.5. The largest absolute Gasteiger partial charge is 0.462 e. The number of aryl methyl sites for hydroxylation is 1. The number of fused-ring (bicyclic) bond motifs is 1. The molecule has 2 aromatic heterocycles. The molecule has 0 fully saturated rings. The Hall–Kier alpha value is -2.34. The second-order valence-electron chi connectivity index (χ2n) is 6.72. The molecule has 0 bridgehead atoms. The van der Waals surface area contributed by atoms with Crippen LogP contribution in [0.1, 0.15) is 59.0 Å². The molecule has 0 radical (unpaired) electrons. The molecule has 3 rings (SSSR count). The summed E-state index contributed by atoms with van der Waals surface area (Å²) < 4.78 is 10.7. The van der Waals surface area contributed by atoms with Gasteiger partial charge in [0.05, 0.1) is 12.2 Å². The van der Waals surface area contributed by atoms with Crippen molar-refractivity contribution in [1.29, 1.82) is 0 Å². The van der Waals surface area contributed by atoms with Gasteiger partial charge in [-0.15, -0.1) is 11.3 Å². The van der Waals surface area contributed by atoms with Gasteiger partial charge in [-0.05, 0) is 62.8 Å². The molecule has 1 amide bonds. The van der Waals surface area contributed by atoms with Gasteiger partial charge in [-0.3, -0.25) is 4.79 Å². The van der Waals surface area contributed by atoms with Gasteiger partial charge in [0.1, 0.15) is 16.5 Å². The van der Waals surface area contributed by atoms with E-state index in [1.165, 1.54) is 22.3 Å². The zero-order chi connectivity index (χ0) is 19.4. The molecule has 6 heteroatoms. The molecule has 27 heavy (non-hydrogen) atoms. The average molecular weight is 388 g/mol. The Kier molecular flexibility index (Phi) is 6.16. The molecule has 2 aromatic rings. The van der Waals surface area contributed by atoms with E-state index in [9.17, 15) is 9.59 Å². The number of carbonyl (C=O) groups is 2. The van der Waals surface area contributed by atoms with Crippen LogP contribution < -0.4 is 5.32 Å². The van der Waals surface area contributed by atoms with Crippen molar-refractivity contribution in [3.05, 3.63) is 45.7 Å². The molecule has 0 aliphatic heterocycles. The summed E-state index contributed by atoms with van der Waals surface area (Å²) in [6.07, 6.45) is 7.04. The minimum Gasteiger partial charge on any atom is -0.462 e. The number of esters is 1. The lowest BCUT2D eigenvalue weighted by molar-refractivity contribution is -0.111. The van der Waals surface area contributed by atoms with Crippen molar-refractivity contribution in [1.82, 2.24) is 0 Å². The average Bonchev–Trinajstić information content (AvgIpc) is 3.22. The molecule has 0 unspecified atom stereocenters.